The molecule has 0 radical (unpaired) electrons. The second kappa shape index (κ2) is 4.99. The van der Waals surface area contributed by atoms with Crippen LogP contribution in [0.4, 0.5) is 0 Å². The average molecular weight is 226 g/mol. The predicted octanol–water partition coefficient (Wildman–Crippen LogP) is 3.13. The maximum Gasteiger partial charge on any atom is 0.115 e. The number of thioether (sulfide) groups is 2. The third-order valence-corrected chi connectivity index (χ3v) is 5.18. The van der Waals surface area contributed by atoms with Gasteiger partial charge in [-0.1, -0.05) is 12.1 Å². The maximum absolute atomic E-state index is 9.15. The third-order valence-electron chi connectivity index (χ3n) is 2.23. The highest BCUT2D eigenvalue weighted by Crippen LogP contribution is 2.33. The lowest BCUT2D eigenvalue weighted by atomic mass is 10.2. The summed E-state index contributed by atoms with van der Waals surface area (Å²) in [6.45, 7) is 0. The molecule has 1 aliphatic heterocycles. The second-order valence-corrected chi connectivity index (χ2v) is 6.31. The van der Waals surface area contributed by atoms with Crippen LogP contribution in [0.2, 0.25) is 0 Å². The van der Waals surface area contributed by atoms with Gasteiger partial charge in [0.1, 0.15) is 5.75 Å². The van der Waals surface area contributed by atoms with Crippen molar-refractivity contribution in [2.45, 2.75) is 17.4 Å². The highest BCUT2D eigenvalue weighted by atomic mass is 32.2. The molecule has 1 aromatic rings. The zero-order valence-corrected chi connectivity index (χ0v) is 9.61. The van der Waals surface area contributed by atoms with Crippen molar-refractivity contribution in [2.75, 3.05) is 11.5 Å². The number of phenolic OH excluding ortho intramolecular Hbond substituents is 1. The fourth-order valence-corrected chi connectivity index (χ4v) is 4.39. The molecule has 1 nitrogen and oxygen atoms in total. The lowest BCUT2D eigenvalue weighted by Gasteiger charge is -2.20. The topological polar surface area (TPSA) is 20.2 Å². The molecule has 1 fully saturated rings. The number of rotatable bonds is 2. The minimum atomic E-state index is 0.359. The van der Waals surface area contributed by atoms with E-state index in [-0.39, 0.29) is 0 Å². The summed E-state index contributed by atoms with van der Waals surface area (Å²) < 4.78 is 0.716. The van der Waals surface area contributed by atoms with Crippen LogP contribution in [0.25, 0.3) is 0 Å². The van der Waals surface area contributed by atoms with E-state index >= 15 is 0 Å². The first-order chi connectivity index (χ1) is 6.84. The van der Waals surface area contributed by atoms with Gasteiger partial charge in [-0.2, -0.15) is 0 Å². The van der Waals surface area contributed by atoms with Gasteiger partial charge in [0, 0.05) is 0 Å². The van der Waals surface area contributed by atoms with Crippen molar-refractivity contribution in [2.24, 2.45) is 0 Å². The van der Waals surface area contributed by atoms with Crippen molar-refractivity contribution < 1.29 is 5.11 Å². The summed E-state index contributed by atoms with van der Waals surface area (Å²) in [5.74, 6) is 2.96. The molecule has 1 aliphatic rings. The third kappa shape index (κ3) is 2.85. The molecule has 1 N–H and O–H groups in total. The van der Waals surface area contributed by atoms with E-state index < -0.39 is 0 Å². The van der Waals surface area contributed by atoms with Crippen LogP contribution in [0.1, 0.15) is 12.0 Å². The molecule has 0 saturated carbocycles. The largest absolute Gasteiger partial charge is 0.508 e. The van der Waals surface area contributed by atoms with Crippen LogP contribution in [0.15, 0.2) is 24.3 Å². The lowest BCUT2D eigenvalue weighted by molar-refractivity contribution is 0.475. The number of aromatic hydroxyl groups is 1. The number of hydrogen-bond donors (Lipinski definition) is 1. The summed E-state index contributed by atoms with van der Waals surface area (Å²) in [5, 5.41) is 9.15. The van der Waals surface area contributed by atoms with Gasteiger partial charge in [-0.05, 0) is 42.0 Å². The summed E-state index contributed by atoms with van der Waals surface area (Å²) in [6.07, 6.45) is 2.47. The van der Waals surface area contributed by atoms with Gasteiger partial charge in [0.2, 0.25) is 0 Å². The molecule has 2 rings (SSSR count). The Labute approximate surface area is 93.3 Å². The normalized spacial score (nSPS) is 18.3. The van der Waals surface area contributed by atoms with Gasteiger partial charge in [0.25, 0.3) is 0 Å². The van der Waals surface area contributed by atoms with Gasteiger partial charge in [-0.3, -0.25) is 0 Å². The van der Waals surface area contributed by atoms with Crippen LogP contribution < -0.4 is 0 Å². The van der Waals surface area contributed by atoms with E-state index in [0.717, 1.165) is 6.42 Å². The SMILES string of the molecule is Oc1ccc(CC2SCCCS2)cc1. The molecule has 1 aromatic carbocycles. The average Bonchev–Trinajstić information content (AvgIpc) is 2.23. The van der Waals surface area contributed by atoms with Crippen LogP contribution in [-0.2, 0) is 6.42 Å². The Kier molecular flexibility index (Phi) is 3.65. The molecule has 1 saturated heterocycles. The van der Waals surface area contributed by atoms with Crippen LogP contribution in [0, 0.1) is 0 Å². The summed E-state index contributed by atoms with van der Waals surface area (Å²) in [5.41, 5.74) is 1.33. The highest BCUT2D eigenvalue weighted by Gasteiger charge is 2.14. The molecule has 76 valence electrons. The Morgan fingerprint density at radius 1 is 1.14 bits per heavy atom. The molecule has 0 aliphatic carbocycles. The highest BCUT2D eigenvalue weighted by molar-refractivity contribution is 8.17. The molecule has 0 amide bonds. The Morgan fingerprint density at radius 2 is 1.79 bits per heavy atom. The summed E-state index contributed by atoms with van der Waals surface area (Å²) >= 11 is 4.13. The summed E-state index contributed by atoms with van der Waals surface area (Å²) in [6, 6.07) is 7.58. The van der Waals surface area contributed by atoms with Crippen LogP contribution in [0.3, 0.4) is 0 Å². The van der Waals surface area contributed by atoms with E-state index in [9.17, 15) is 0 Å². The number of phenols is 1. The Balaban J connectivity index is 1.92. The second-order valence-electron chi connectivity index (χ2n) is 3.40. The molecule has 1 heterocycles. The number of hydrogen-bond acceptors (Lipinski definition) is 3. The van der Waals surface area contributed by atoms with Crippen LogP contribution >= 0.6 is 23.5 Å². The zero-order chi connectivity index (χ0) is 9.80. The van der Waals surface area contributed by atoms with Crippen molar-refractivity contribution in [1.82, 2.24) is 0 Å². The smallest absolute Gasteiger partial charge is 0.115 e. The molecule has 0 spiro atoms. The first kappa shape index (κ1) is 10.2. The summed E-state index contributed by atoms with van der Waals surface area (Å²) in [4.78, 5) is 0. The molecular weight excluding hydrogens is 212 g/mol. The molecule has 0 unspecified atom stereocenters. The standard InChI is InChI=1S/C11H14OS2/c12-10-4-2-9(3-5-10)8-11-13-6-1-7-14-11/h2-5,11-12H,1,6-8H2. The van der Waals surface area contributed by atoms with E-state index in [4.69, 9.17) is 5.11 Å². The Bertz CT molecular complexity index is 278. The van der Waals surface area contributed by atoms with Crippen LogP contribution in [0.5, 0.6) is 5.75 Å². The van der Waals surface area contributed by atoms with Gasteiger partial charge < -0.3 is 5.11 Å². The fraction of sp³-hybridized carbons (Fsp3) is 0.455. The van der Waals surface area contributed by atoms with E-state index in [2.05, 4.69) is 23.5 Å². The molecule has 0 bridgehead atoms. The molecule has 3 heteroatoms. The molecular formula is C11H14OS2. The van der Waals surface area contributed by atoms with E-state index in [1.165, 1.54) is 23.5 Å². The van der Waals surface area contributed by atoms with Gasteiger partial charge in [-0.15, -0.1) is 23.5 Å². The fourth-order valence-electron chi connectivity index (χ4n) is 1.48. The van der Waals surface area contributed by atoms with Gasteiger partial charge in [0.05, 0.1) is 4.58 Å². The minimum absolute atomic E-state index is 0.359. The van der Waals surface area contributed by atoms with Crippen molar-refractivity contribution >= 4 is 23.5 Å². The van der Waals surface area contributed by atoms with Crippen molar-refractivity contribution in [3.8, 4) is 5.75 Å². The van der Waals surface area contributed by atoms with Crippen LogP contribution in [-0.4, -0.2) is 21.2 Å². The van der Waals surface area contributed by atoms with E-state index in [1.54, 1.807) is 12.1 Å². The van der Waals surface area contributed by atoms with Crippen molar-refractivity contribution in [3.63, 3.8) is 0 Å². The molecule has 0 aromatic heterocycles. The monoisotopic (exact) mass is 226 g/mol. The van der Waals surface area contributed by atoms with Gasteiger partial charge >= 0.3 is 0 Å². The minimum Gasteiger partial charge on any atom is -0.508 e. The Morgan fingerprint density at radius 3 is 2.43 bits per heavy atom. The van der Waals surface area contributed by atoms with Gasteiger partial charge in [-0.25, -0.2) is 0 Å². The lowest BCUT2D eigenvalue weighted by Crippen LogP contribution is -2.09. The summed E-state index contributed by atoms with van der Waals surface area (Å²) in [7, 11) is 0. The Hall–Kier alpha value is -0.280. The zero-order valence-electron chi connectivity index (χ0n) is 7.98. The van der Waals surface area contributed by atoms with Crippen molar-refractivity contribution in [3.05, 3.63) is 29.8 Å². The molecule has 0 atom stereocenters. The maximum atomic E-state index is 9.15. The number of benzene rings is 1. The van der Waals surface area contributed by atoms with E-state index in [1.807, 2.05) is 12.1 Å². The first-order valence-electron chi connectivity index (χ1n) is 4.86. The first-order valence-corrected chi connectivity index (χ1v) is 6.95. The van der Waals surface area contributed by atoms with Crippen molar-refractivity contribution in [1.29, 1.82) is 0 Å². The molecule has 14 heavy (non-hydrogen) atoms. The van der Waals surface area contributed by atoms with E-state index in [0.29, 0.717) is 10.3 Å². The van der Waals surface area contributed by atoms with Gasteiger partial charge in [0.15, 0.2) is 0 Å². The predicted molar refractivity (Wildman–Crippen MR) is 65.1 cm³/mol. The quantitative estimate of drug-likeness (QED) is 0.836.